The quantitative estimate of drug-likeness (QED) is 0.832. The first-order chi connectivity index (χ1) is 8.56. The Morgan fingerprint density at radius 3 is 2.83 bits per heavy atom. The van der Waals surface area contributed by atoms with Crippen LogP contribution in [0.1, 0.15) is 10.4 Å². The van der Waals surface area contributed by atoms with E-state index in [0.717, 1.165) is 4.47 Å². The fourth-order valence-electron chi connectivity index (χ4n) is 1.38. The highest BCUT2D eigenvalue weighted by molar-refractivity contribution is 9.10. The van der Waals surface area contributed by atoms with E-state index >= 15 is 0 Å². The van der Waals surface area contributed by atoms with E-state index in [-0.39, 0.29) is 5.91 Å². The molecule has 1 amide bonds. The highest BCUT2D eigenvalue weighted by Gasteiger charge is 2.11. The van der Waals surface area contributed by atoms with Crippen LogP contribution in [-0.2, 0) is 0 Å². The Morgan fingerprint density at radius 2 is 2.11 bits per heavy atom. The lowest BCUT2D eigenvalue weighted by Crippen LogP contribution is -2.14. The maximum Gasteiger partial charge on any atom is 0.258 e. The van der Waals surface area contributed by atoms with E-state index in [4.69, 9.17) is 17.3 Å². The van der Waals surface area contributed by atoms with Gasteiger partial charge in [-0.3, -0.25) is 4.79 Å². The minimum absolute atomic E-state index is 0.330. The molecule has 0 unspecified atom stereocenters. The number of hydrogen-bond donors (Lipinski definition) is 2. The van der Waals surface area contributed by atoms with Crippen molar-refractivity contribution in [2.24, 2.45) is 0 Å². The van der Waals surface area contributed by atoms with E-state index in [0.29, 0.717) is 22.1 Å². The van der Waals surface area contributed by atoms with Crippen molar-refractivity contribution < 1.29 is 4.79 Å². The molecule has 0 aliphatic carbocycles. The predicted molar refractivity (Wildman–Crippen MR) is 75.8 cm³/mol. The number of hydrogen-bond acceptors (Lipinski definition) is 3. The highest BCUT2D eigenvalue weighted by atomic mass is 79.9. The summed E-state index contributed by atoms with van der Waals surface area (Å²) in [6.45, 7) is 0. The Bertz CT molecular complexity index is 604. The molecule has 3 N–H and O–H groups in total. The summed E-state index contributed by atoms with van der Waals surface area (Å²) < 4.78 is 0.779. The third-order valence-electron chi connectivity index (χ3n) is 2.22. The normalized spacial score (nSPS) is 10.1. The number of halogens is 2. The van der Waals surface area contributed by atoms with Gasteiger partial charge < -0.3 is 11.1 Å². The van der Waals surface area contributed by atoms with E-state index in [1.54, 1.807) is 30.3 Å². The van der Waals surface area contributed by atoms with Crippen molar-refractivity contribution in [3.63, 3.8) is 0 Å². The second-order valence-electron chi connectivity index (χ2n) is 3.54. The molecule has 0 bridgehead atoms. The number of anilines is 2. The Hall–Kier alpha value is -1.59. The molecule has 1 aromatic heterocycles. The molecule has 0 radical (unpaired) electrons. The number of nitrogens with one attached hydrogen (secondary N) is 1. The molecule has 1 aromatic carbocycles. The summed E-state index contributed by atoms with van der Waals surface area (Å²) in [7, 11) is 0. The van der Waals surface area contributed by atoms with Gasteiger partial charge in [-0.1, -0.05) is 27.5 Å². The number of aromatic nitrogens is 1. The van der Waals surface area contributed by atoms with Gasteiger partial charge in [0.1, 0.15) is 5.82 Å². The van der Waals surface area contributed by atoms with Gasteiger partial charge in [-0.15, -0.1) is 0 Å². The maximum atomic E-state index is 12.0. The van der Waals surface area contributed by atoms with Gasteiger partial charge in [0, 0.05) is 21.4 Å². The molecule has 0 saturated carbocycles. The van der Waals surface area contributed by atoms with Crippen molar-refractivity contribution in [1.29, 1.82) is 0 Å². The molecule has 4 nitrogen and oxygen atoms in total. The Morgan fingerprint density at radius 1 is 1.33 bits per heavy atom. The number of nitrogen functional groups attached to an aromatic ring is 1. The fourth-order valence-corrected chi connectivity index (χ4v) is 1.90. The second kappa shape index (κ2) is 5.37. The van der Waals surface area contributed by atoms with Gasteiger partial charge >= 0.3 is 0 Å². The van der Waals surface area contributed by atoms with Crippen LogP contribution in [0.15, 0.2) is 41.0 Å². The summed E-state index contributed by atoms with van der Waals surface area (Å²) in [4.78, 5) is 16.0. The summed E-state index contributed by atoms with van der Waals surface area (Å²) >= 11 is 9.10. The molecule has 0 atom stereocenters. The molecule has 2 rings (SSSR count). The Labute approximate surface area is 117 Å². The molecule has 0 fully saturated rings. The van der Waals surface area contributed by atoms with Crippen molar-refractivity contribution in [2.45, 2.75) is 0 Å². The first kappa shape index (κ1) is 12.9. The largest absolute Gasteiger partial charge is 0.398 e. The zero-order valence-electron chi connectivity index (χ0n) is 9.15. The maximum absolute atomic E-state index is 12.0. The zero-order chi connectivity index (χ0) is 13.1. The monoisotopic (exact) mass is 325 g/mol. The van der Waals surface area contributed by atoms with E-state index in [9.17, 15) is 4.79 Å². The number of amides is 1. The van der Waals surface area contributed by atoms with Crippen molar-refractivity contribution in [2.75, 3.05) is 11.1 Å². The number of nitrogens with zero attached hydrogens (tertiary/aromatic N) is 1. The van der Waals surface area contributed by atoms with Crippen LogP contribution >= 0.6 is 27.5 Å². The van der Waals surface area contributed by atoms with E-state index in [2.05, 4.69) is 26.2 Å². The van der Waals surface area contributed by atoms with Gasteiger partial charge in [-0.05, 0) is 30.3 Å². The van der Waals surface area contributed by atoms with Gasteiger partial charge in [0.25, 0.3) is 5.91 Å². The standard InChI is InChI=1S/C12H9BrClN3O/c13-7-1-2-10(15)9(5-7)12(18)17-11-6-8(14)3-4-16-11/h1-6H,15H2,(H,16,17,18). The molecular weight excluding hydrogens is 318 g/mol. The van der Waals surface area contributed by atoms with Crippen LogP contribution < -0.4 is 11.1 Å². The lowest BCUT2D eigenvalue weighted by Gasteiger charge is -2.07. The van der Waals surface area contributed by atoms with Gasteiger partial charge in [0.15, 0.2) is 0 Å². The number of rotatable bonds is 2. The second-order valence-corrected chi connectivity index (χ2v) is 4.90. The predicted octanol–water partition coefficient (Wildman–Crippen LogP) is 3.33. The number of pyridine rings is 1. The first-order valence-corrected chi connectivity index (χ1v) is 6.21. The Kier molecular flexibility index (Phi) is 3.84. The number of carbonyl (C=O) groups is 1. The summed E-state index contributed by atoms with van der Waals surface area (Å²) in [5.41, 5.74) is 6.53. The smallest absolute Gasteiger partial charge is 0.258 e. The fraction of sp³-hybridized carbons (Fsp3) is 0. The molecule has 1 heterocycles. The van der Waals surface area contributed by atoms with Gasteiger partial charge in [0.05, 0.1) is 5.56 Å². The van der Waals surface area contributed by atoms with Crippen LogP contribution in [0.5, 0.6) is 0 Å². The van der Waals surface area contributed by atoms with Crippen molar-refractivity contribution in [3.05, 3.63) is 51.6 Å². The molecule has 0 aliphatic heterocycles. The zero-order valence-corrected chi connectivity index (χ0v) is 11.5. The summed E-state index contributed by atoms with van der Waals surface area (Å²) in [5, 5.41) is 3.13. The van der Waals surface area contributed by atoms with Crippen molar-refractivity contribution in [1.82, 2.24) is 4.98 Å². The lowest BCUT2D eigenvalue weighted by atomic mass is 10.1. The van der Waals surface area contributed by atoms with Crippen molar-refractivity contribution >= 4 is 44.9 Å². The van der Waals surface area contributed by atoms with Crippen LogP contribution in [0, 0.1) is 0 Å². The lowest BCUT2D eigenvalue weighted by molar-refractivity contribution is 0.102. The molecule has 18 heavy (non-hydrogen) atoms. The molecule has 0 saturated heterocycles. The third-order valence-corrected chi connectivity index (χ3v) is 2.95. The molecule has 0 aliphatic rings. The minimum Gasteiger partial charge on any atom is -0.398 e. The topological polar surface area (TPSA) is 68.0 Å². The van der Waals surface area contributed by atoms with Crippen LogP contribution in [0.2, 0.25) is 5.02 Å². The van der Waals surface area contributed by atoms with E-state index in [1.807, 2.05) is 0 Å². The molecule has 92 valence electrons. The highest BCUT2D eigenvalue weighted by Crippen LogP contribution is 2.20. The van der Waals surface area contributed by atoms with E-state index < -0.39 is 0 Å². The van der Waals surface area contributed by atoms with Gasteiger partial charge in [0.2, 0.25) is 0 Å². The molecular formula is C12H9BrClN3O. The summed E-state index contributed by atoms with van der Waals surface area (Å²) in [6, 6.07) is 8.27. The van der Waals surface area contributed by atoms with Crippen LogP contribution in [0.4, 0.5) is 11.5 Å². The Balaban J connectivity index is 2.24. The van der Waals surface area contributed by atoms with E-state index in [1.165, 1.54) is 6.20 Å². The average molecular weight is 327 g/mol. The summed E-state index contributed by atoms with van der Waals surface area (Å²) in [6.07, 6.45) is 1.52. The third kappa shape index (κ3) is 3.00. The van der Waals surface area contributed by atoms with Gasteiger partial charge in [-0.25, -0.2) is 4.98 Å². The average Bonchev–Trinajstić information content (AvgIpc) is 2.32. The molecule has 0 spiro atoms. The number of nitrogens with two attached hydrogens (primary N) is 1. The number of carbonyl (C=O) groups excluding carboxylic acids is 1. The van der Waals surface area contributed by atoms with Crippen LogP contribution in [0.25, 0.3) is 0 Å². The SMILES string of the molecule is Nc1ccc(Br)cc1C(=O)Nc1cc(Cl)ccn1. The first-order valence-electron chi connectivity index (χ1n) is 5.04. The minimum atomic E-state index is -0.330. The molecule has 6 heteroatoms. The van der Waals surface area contributed by atoms with Crippen LogP contribution in [0.3, 0.4) is 0 Å². The van der Waals surface area contributed by atoms with Crippen LogP contribution in [-0.4, -0.2) is 10.9 Å². The van der Waals surface area contributed by atoms with Gasteiger partial charge in [-0.2, -0.15) is 0 Å². The summed E-state index contributed by atoms with van der Waals surface area (Å²) in [5.74, 6) is 0.0513. The number of benzene rings is 1. The van der Waals surface area contributed by atoms with Crippen molar-refractivity contribution in [3.8, 4) is 0 Å². The molecule has 2 aromatic rings.